The molecule has 1 atom stereocenters. The first-order valence-corrected chi connectivity index (χ1v) is 6.41. The van der Waals surface area contributed by atoms with E-state index in [1.165, 1.54) is 11.0 Å². The zero-order chi connectivity index (χ0) is 12.4. The molecule has 1 saturated heterocycles. The van der Waals surface area contributed by atoms with Crippen molar-refractivity contribution in [3.63, 3.8) is 0 Å². The van der Waals surface area contributed by atoms with Crippen molar-refractivity contribution in [2.45, 2.75) is 31.8 Å². The fourth-order valence-corrected chi connectivity index (χ4v) is 2.33. The molecular formula is C11H17N5O2. The van der Waals surface area contributed by atoms with Crippen molar-refractivity contribution in [1.29, 1.82) is 0 Å². The van der Waals surface area contributed by atoms with Crippen LogP contribution >= 0.6 is 0 Å². The molecule has 0 spiro atoms. The average Bonchev–Trinajstić information content (AvgIpc) is 2.87. The van der Waals surface area contributed by atoms with E-state index >= 15 is 0 Å². The van der Waals surface area contributed by atoms with Crippen LogP contribution in [0.3, 0.4) is 0 Å². The molecule has 1 saturated carbocycles. The molecule has 1 aliphatic heterocycles. The van der Waals surface area contributed by atoms with Crippen LogP contribution in [0.4, 0.5) is 0 Å². The van der Waals surface area contributed by atoms with E-state index in [-0.39, 0.29) is 12.5 Å². The van der Waals surface area contributed by atoms with Gasteiger partial charge >= 0.3 is 0 Å². The number of aromatic nitrogens is 4. The van der Waals surface area contributed by atoms with E-state index in [4.69, 9.17) is 4.74 Å². The van der Waals surface area contributed by atoms with Gasteiger partial charge in [-0.2, -0.15) is 0 Å². The first-order chi connectivity index (χ1) is 8.83. The van der Waals surface area contributed by atoms with Crippen LogP contribution < -0.4 is 0 Å². The summed E-state index contributed by atoms with van der Waals surface area (Å²) in [5.74, 6) is 0.597. The second-order valence-electron chi connectivity index (χ2n) is 5.01. The highest BCUT2D eigenvalue weighted by Gasteiger charge is 2.34. The fourth-order valence-electron chi connectivity index (χ4n) is 2.33. The number of rotatable bonds is 5. The van der Waals surface area contributed by atoms with Crippen LogP contribution in [0.5, 0.6) is 0 Å². The Balaban J connectivity index is 1.59. The van der Waals surface area contributed by atoms with Crippen molar-refractivity contribution in [2.75, 3.05) is 19.8 Å². The Bertz CT molecular complexity index is 398. The van der Waals surface area contributed by atoms with E-state index in [2.05, 4.69) is 15.5 Å². The van der Waals surface area contributed by atoms with Gasteiger partial charge in [0.15, 0.2) is 0 Å². The molecule has 0 radical (unpaired) electrons. The zero-order valence-electron chi connectivity index (χ0n) is 10.2. The normalized spacial score (nSPS) is 23.2. The average molecular weight is 251 g/mol. The second-order valence-corrected chi connectivity index (χ2v) is 5.01. The van der Waals surface area contributed by atoms with Gasteiger partial charge in [0.05, 0.1) is 6.61 Å². The Hall–Kier alpha value is -1.50. The lowest BCUT2D eigenvalue weighted by Gasteiger charge is -2.25. The fraction of sp³-hybridized carbons (Fsp3) is 0.818. The van der Waals surface area contributed by atoms with Gasteiger partial charge in [-0.3, -0.25) is 4.79 Å². The van der Waals surface area contributed by atoms with Gasteiger partial charge in [-0.15, -0.1) is 5.10 Å². The van der Waals surface area contributed by atoms with Gasteiger partial charge < -0.3 is 9.64 Å². The van der Waals surface area contributed by atoms with Crippen molar-refractivity contribution in [2.24, 2.45) is 5.92 Å². The predicted molar refractivity (Wildman–Crippen MR) is 61.5 cm³/mol. The molecule has 2 aliphatic rings. The Morgan fingerprint density at radius 3 is 2.94 bits per heavy atom. The van der Waals surface area contributed by atoms with E-state index in [0.717, 1.165) is 39.0 Å². The number of hydrogen-bond acceptors (Lipinski definition) is 5. The van der Waals surface area contributed by atoms with Crippen LogP contribution in [0.15, 0.2) is 6.33 Å². The van der Waals surface area contributed by atoms with Gasteiger partial charge in [0.1, 0.15) is 12.9 Å². The van der Waals surface area contributed by atoms with Gasteiger partial charge in [-0.05, 0) is 29.7 Å². The smallest absolute Gasteiger partial charge is 0.244 e. The lowest BCUT2D eigenvalue weighted by molar-refractivity contribution is -0.133. The first-order valence-electron chi connectivity index (χ1n) is 6.41. The number of amides is 1. The molecule has 7 heteroatoms. The summed E-state index contributed by atoms with van der Waals surface area (Å²) >= 11 is 0. The number of ether oxygens (including phenoxy) is 1. The molecule has 1 aromatic heterocycles. The SMILES string of the molecule is O=C(Cn1cnnn1)N(C[C@@H]1CCOC1)C1CC1. The first kappa shape index (κ1) is 11.6. The van der Waals surface area contributed by atoms with Crippen molar-refractivity contribution in [1.82, 2.24) is 25.1 Å². The standard InChI is InChI=1S/C11H17N5O2/c17-11(6-15-8-12-13-14-15)16(10-1-2-10)5-9-3-4-18-7-9/h8-10H,1-7H2/t9-/m0/s1. The second kappa shape index (κ2) is 5.01. The maximum Gasteiger partial charge on any atom is 0.244 e. The molecule has 0 N–H and O–H groups in total. The summed E-state index contributed by atoms with van der Waals surface area (Å²) in [5.41, 5.74) is 0. The molecule has 1 aromatic rings. The summed E-state index contributed by atoms with van der Waals surface area (Å²) in [6.07, 6.45) is 4.77. The molecule has 0 aromatic carbocycles. The van der Waals surface area contributed by atoms with E-state index < -0.39 is 0 Å². The van der Waals surface area contributed by atoms with Gasteiger partial charge in [0.2, 0.25) is 5.91 Å². The maximum absolute atomic E-state index is 12.2. The third-order valence-electron chi connectivity index (χ3n) is 3.48. The summed E-state index contributed by atoms with van der Waals surface area (Å²) in [6.45, 7) is 2.65. The molecule has 3 rings (SSSR count). The third kappa shape index (κ3) is 2.66. The highest BCUT2D eigenvalue weighted by Crippen LogP contribution is 2.29. The van der Waals surface area contributed by atoms with Gasteiger partial charge in [-0.1, -0.05) is 0 Å². The largest absolute Gasteiger partial charge is 0.381 e. The molecule has 2 heterocycles. The summed E-state index contributed by atoms with van der Waals surface area (Å²) in [5, 5.41) is 10.8. The molecular weight excluding hydrogens is 234 g/mol. The minimum Gasteiger partial charge on any atom is -0.381 e. The van der Waals surface area contributed by atoms with Crippen LogP contribution in [-0.4, -0.2) is 56.8 Å². The van der Waals surface area contributed by atoms with E-state index in [1.807, 2.05) is 4.90 Å². The van der Waals surface area contributed by atoms with Crippen molar-refractivity contribution >= 4 is 5.91 Å². The number of hydrogen-bond donors (Lipinski definition) is 0. The molecule has 2 fully saturated rings. The van der Waals surface area contributed by atoms with Gasteiger partial charge in [0, 0.05) is 25.1 Å². The number of carbonyl (C=O) groups excluding carboxylic acids is 1. The number of tetrazole rings is 1. The Morgan fingerprint density at radius 2 is 2.33 bits per heavy atom. The van der Waals surface area contributed by atoms with Crippen molar-refractivity contribution in [3.8, 4) is 0 Å². The highest BCUT2D eigenvalue weighted by molar-refractivity contribution is 5.76. The van der Waals surface area contributed by atoms with Crippen LogP contribution in [0.1, 0.15) is 19.3 Å². The lowest BCUT2D eigenvalue weighted by Crippen LogP contribution is -2.39. The molecule has 0 bridgehead atoms. The molecule has 1 amide bonds. The van der Waals surface area contributed by atoms with Crippen LogP contribution in [0.25, 0.3) is 0 Å². The van der Waals surface area contributed by atoms with Crippen molar-refractivity contribution in [3.05, 3.63) is 6.33 Å². The van der Waals surface area contributed by atoms with Crippen LogP contribution in [-0.2, 0) is 16.1 Å². The van der Waals surface area contributed by atoms with Crippen LogP contribution in [0.2, 0.25) is 0 Å². The molecule has 7 nitrogen and oxygen atoms in total. The molecule has 98 valence electrons. The lowest BCUT2D eigenvalue weighted by atomic mass is 10.1. The third-order valence-corrected chi connectivity index (χ3v) is 3.48. The van der Waals surface area contributed by atoms with Crippen LogP contribution in [0, 0.1) is 5.92 Å². The summed E-state index contributed by atoms with van der Waals surface area (Å²) in [6, 6.07) is 0.426. The number of nitrogens with zero attached hydrogens (tertiary/aromatic N) is 5. The Morgan fingerprint density at radius 1 is 1.44 bits per heavy atom. The minimum absolute atomic E-state index is 0.108. The molecule has 0 unspecified atom stereocenters. The predicted octanol–water partition coefficient (Wildman–Crippen LogP) is -0.299. The quantitative estimate of drug-likeness (QED) is 0.718. The van der Waals surface area contributed by atoms with Crippen molar-refractivity contribution < 1.29 is 9.53 Å². The summed E-state index contributed by atoms with van der Waals surface area (Å²) < 4.78 is 6.84. The zero-order valence-corrected chi connectivity index (χ0v) is 10.2. The number of carbonyl (C=O) groups is 1. The molecule has 18 heavy (non-hydrogen) atoms. The minimum atomic E-state index is 0.108. The Labute approximate surface area is 105 Å². The Kier molecular flexibility index (Phi) is 3.22. The summed E-state index contributed by atoms with van der Waals surface area (Å²) in [4.78, 5) is 14.2. The monoisotopic (exact) mass is 251 g/mol. The van der Waals surface area contributed by atoms with E-state index in [9.17, 15) is 4.79 Å². The van der Waals surface area contributed by atoms with E-state index in [1.54, 1.807) is 0 Å². The van der Waals surface area contributed by atoms with E-state index in [0.29, 0.717) is 12.0 Å². The topological polar surface area (TPSA) is 73.1 Å². The van der Waals surface area contributed by atoms with Gasteiger partial charge in [-0.25, -0.2) is 4.68 Å². The highest BCUT2D eigenvalue weighted by atomic mass is 16.5. The summed E-state index contributed by atoms with van der Waals surface area (Å²) in [7, 11) is 0. The maximum atomic E-state index is 12.2. The molecule has 1 aliphatic carbocycles. The van der Waals surface area contributed by atoms with Gasteiger partial charge in [0.25, 0.3) is 0 Å².